The quantitative estimate of drug-likeness (QED) is 0.892. The maximum atomic E-state index is 5.92. The summed E-state index contributed by atoms with van der Waals surface area (Å²) in [6.07, 6.45) is 2.06. The summed E-state index contributed by atoms with van der Waals surface area (Å²) >= 11 is 0. The summed E-state index contributed by atoms with van der Waals surface area (Å²) in [5.74, 6) is 2.52. The Balaban J connectivity index is 2.11. The minimum absolute atomic E-state index is 0.358. The van der Waals surface area contributed by atoms with E-state index in [9.17, 15) is 0 Å². The van der Waals surface area contributed by atoms with Crippen molar-refractivity contribution in [3.63, 3.8) is 0 Å². The third kappa shape index (κ3) is 2.06. The third-order valence-corrected chi connectivity index (χ3v) is 3.83. The van der Waals surface area contributed by atoms with E-state index in [1.165, 1.54) is 10.9 Å². The molecule has 3 rings (SSSR count). The number of nitrogens with two attached hydrogens (primary N) is 1. The van der Waals surface area contributed by atoms with Crippen LogP contribution >= 0.6 is 0 Å². The highest BCUT2D eigenvalue weighted by Gasteiger charge is 2.20. The first-order chi connectivity index (χ1) is 9.20. The molecule has 0 aliphatic carbocycles. The van der Waals surface area contributed by atoms with E-state index in [2.05, 4.69) is 31.1 Å². The lowest BCUT2D eigenvalue weighted by atomic mass is 9.88. The molecule has 3 N–H and O–H groups in total. The van der Waals surface area contributed by atoms with E-state index in [0.717, 1.165) is 17.0 Å². The van der Waals surface area contributed by atoms with Crippen molar-refractivity contribution in [1.29, 1.82) is 0 Å². The second-order valence-electron chi connectivity index (χ2n) is 5.37. The number of hydrogen-bond donors (Lipinski definition) is 2. The monoisotopic (exact) mass is 260 g/mol. The van der Waals surface area contributed by atoms with Crippen LogP contribution in [0.4, 0.5) is 0 Å². The Morgan fingerprint density at radius 3 is 2.53 bits per heavy atom. The highest BCUT2D eigenvalue weighted by molar-refractivity contribution is 5.87. The van der Waals surface area contributed by atoms with E-state index >= 15 is 0 Å². The van der Waals surface area contributed by atoms with Crippen LogP contribution in [0.1, 0.15) is 25.3 Å². The molecule has 0 bridgehead atoms. The van der Waals surface area contributed by atoms with Crippen molar-refractivity contribution in [2.75, 3.05) is 19.8 Å². The lowest BCUT2D eigenvalue weighted by Crippen LogP contribution is -2.17. The maximum Gasteiger partial charge on any atom is 0.163 e. The van der Waals surface area contributed by atoms with Gasteiger partial charge in [0.25, 0.3) is 0 Å². The molecule has 0 radical (unpaired) electrons. The van der Waals surface area contributed by atoms with Crippen LogP contribution in [-0.4, -0.2) is 24.7 Å². The Hall–Kier alpha value is -1.68. The zero-order chi connectivity index (χ0) is 13.4. The molecule has 19 heavy (non-hydrogen) atoms. The molecule has 4 nitrogen and oxygen atoms in total. The van der Waals surface area contributed by atoms with E-state index in [-0.39, 0.29) is 0 Å². The van der Waals surface area contributed by atoms with Crippen LogP contribution in [0, 0.1) is 5.92 Å². The second kappa shape index (κ2) is 4.78. The van der Waals surface area contributed by atoms with Crippen molar-refractivity contribution in [3.05, 3.63) is 23.9 Å². The smallest absolute Gasteiger partial charge is 0.163 e. The summed E-state index contributed by atoms with van der Waals surface area (Å²) < 4.78 is 11.3. The maximum absolute atomic E-state index is 5.92. The topological polar surface area (TPSA) is 60.3 Å². The van der Waals surface area contributed by atoms with Crippen molar-refractivity contribution >= 4 is 10.9 Å². The Kier molecular flexibility index (Phi) is 3.11. The average Bonchev–Trinajstić information content (AvgIpc) is 2.80. The number of benzene rings is 1. The highest BCUT2D eigenvalue weighted by Crippen LogP contribution is 2.38. The van der Waals surface area contributed by atoms with Crippen LogP contribution in [0.15, 0.2) is 18.3 Å². The van der Waals surface area contributed by atoms with Crippen molar-refractivity contribution < 1.29 is 9.47 Å². The molecule has 0 saturated carbocycles. The van der Waals surface area contributed by atoms with Gasteiger partial charge in [-0.2, -0.15) is 0 Å². The molecule has 0 spiro atoms. The molecule has 1 aromatic carbocycles. The fourth-order valence-corrected chi connectivity index (χ4v) is 2.75. The van der Waals surface area contributed by atoms with Gasteiger partial charge in [-0.3, -0.25) is 0 Å². The van der Waals surface area contributed by atoms with Crippen molar-refractivity contribution in [3.8, 4) is 11.5 Å². The number of aromatic amines is 1. The molecule has 102 valence electrons. The molecule has 2 heterocycles. The zero-order valence-electron chi connectivity index (χ0n) is 11.4. The van der Waals surface area contributed by atoms with Gasteiger partial charge in [0, 0.05) is 29.1 Å². The molecule has 1 aliphatic heterocycles. The minimum atomic E-state index is 0.358. The van der Waals surface area contributed by atoms with E-state index in [0.29, 0.717) is 31.6 Å². The summed E-state index contributed by atoms with van der Waals surface area (Å²) in [4.78, 5) is 3.32. The summed E-state index contributed by atoms with van der Waals surface area (Å²) in [5, 5.41) is 1.19. The largest absolute Gasteiger partial charge is 0.486 e. The molecule has 0 saturated heterocycles. The predicted octanol–water partition coefficient (Wildman–Crippen LogP) is 2.64. The number of fused-ring (bicyclic) bond motifs is 2. The fraction of sp³-hybridized carbons (Fsp3) is 0.467. The second-order valence-corrected chi connectivity index (χ2v) is 5.37. The molecular formula is C15H20N2O2. The van der Waals surface area contributed by atoms with Gasteiger partial charge in [0.05, 0.1) is 0 Å². The molecule has 1 aliphatic rings. The first-order valence-electron chi connectivity index (χ1n) is 6.81. The normalized spacial score (nSPS) is 16.0. The van der Waals surface area contributed by atoms with Crippen LogP contribution in [0.3, 0.4) is 0 Å². The van der Waals surface area contributed by atoms with Crippen LogP contribution < -0.4 is 15.2 Å². The van der Waals surface area contributed by atoms with E-state index in [1.807, 2.05) is 6.07 Å². The SMILES string of the molecule is CC(C)C(CN)c1c[nH]c2cc3c(cc12)OCCO3. The molecule has 1 aromatic heterocycles. The average molecular weight is 260 g/mol. The Bertz CT molecular complexity index is 589. The van der Waals surface area contributed by atoms with Gasteiger partial charge in [-0.1, -0.05) is 13.8 Å². The van der Waals surface area contributed by atoms with Gasteiger partial charge in [0.2, 0.25) is 0 Å². The summed E-state index contributed by atoms with van der Waals surface area (Å²) in [7, 11) is 0. The lowest BCUT2D eigenvalue weighted by molar-refractivity contribution is 0.172. The van der Waals surface area contributed by atoms with E-state index < -0.39 is 0 Å². The molecule has 0 fully saturated rings. The van der Waals surface area contributed by atoms with E-state index in [4.69, 9.17) is 15.2 Å². The number of rotatable bonds is 3. The van der Waals surface area contributed by atoms with Crippen molar-refractivity contribution in [2.45, 2.75) is 19.8 Å². The van der Waals surface area contributed by atoms with Crippen molar-refractivity contribution in [1.82, 2.24) is 4.98 Å². The highest BCUT2D eigenvalue weighted by atomic mass is 16.6. The van der Waals surface area contributed by atoms with Gasteiger partial charge < -0.3 is 20.2 Å². The van der Waals surface area contributed by atoms with E-state index in [1.54, 1.807) is 0 Å². The van der Waals surface area contributed by atoms with Crippen LogP contribution in [0.2, 0.25) is 0 Å². The Morgan fingerprint density at radius 2 is 1.89 bits per heavy atom. The number of H-pyrrole nitrogens is 1. The Labute approximate surface area is 112 Å². The fourth-order valence-electron chi connectivity index (χ4n) is 2.75. The van der Waals surface area contributed by atoms with Crippen LogP contribution in [0.25, 0.3) is 10.9 Å². The first kappa shape index (κ1) is 12.4. The van der Waals surface area contributed by atoms with Gasteiger partial charge in [-0.05, 0) is 24.1 Å². The predicted molar refractivity (Wildman–Crippen MR) is 75.9 cm³/mol. The molecule has 1 unspecified atom stereocenters. The third-order valence-electron chi connectivity index (χ3n) is 3.83. The van der Waals surface area contributed by atoms with Crippen LogP contribution in [0.5, 0.6) is 11.5 Å². The number of aromatic nitrogens is 1. The molecule has 2 aromatic rings. The standard InChI is InChI=1S/C15H20N2O2/c1-9(2)11(7-16)12-8-17-13-6-15-14(5-10(12)13)18-3-4-19-15/h5-6,8-9,11,17H,3-4,7,16H2,1-2H3. The summed E-state index contributed by atoms with van der Waals surface area (Å²) in [6, 6.07) is 4.09. The number of ether oxygens (including phenoxy) is 2. The van der Waals surface area contributed by atoms with Gasteiger partial charge in [-0.25, -0.2) is 0 Å². The summed E-state index contributed by atoms with van der Waals surface area (Å²) in [5.41, 5.74) is 8.27. The molecule has 1 atom stereocenters. The minimum Gasteiger partial charge on any atom is -0.486 e. The molecule has 0 amide bonds. The zero-order valence-corrected chi connectivity index (χ0v) is 11.4. The number of nitrogens with one attached hydrogen (secondary N) is 1. The van der Waals surface area contributed by atoms with Crippen LogP contribution in [-0.2, 0) is 0 Å². The Morgan fingerprint density at radius 1 is 1.21 bits per heavy atom. The van der Waals surface area contributed by atoms with Gasteiger partial charge in [-0.15, -0.1) is 0 Å². The first-order valence-corrected chi connectivity index (χ1v) is 6.81. The van der Waals surface area contributed by atoms with Gasteiger partial charge in [0.1, 0.15) is 13.2 Å². The summed E-state index contributed by atoms with van der Waals surface area (Å²) in [6.45, 7) is 6.29. The molecule has 4 heteroatoms. The van der Waals surface area contributed by atoms with Crippen molar-refractivity contribution in [2.24, 2.45) is 11.7 Å². The number of hydrogen-bond acceptors (Lipinski definition) is 3. The van der Waals surface area contributed by atoms with Gasteiger partial charge in [0.15, 0.2) is 11.5 Å². The van der Waals surface area contributed by atoms with Gasteiger partial charge >= 0.3 is 0 Å². The molecular weight excluding hydrogens is 240 g/mol. The lowest BCUT2D eigenvalue weighted by Gasteiger charge is -2.20.